The lowest BCUT2D eigenvalue weighted by Crippen LogP contribution is -2.23. The lowest BCUT2D eigenvalue weighted by Gasteiger charge is -2.17. The molecule has 0 bridgehead atoms. The minimum Gasteiger partial charge on any atom is -0.389 e. The van der Waals surface area contributed by atoms with Gasteiger partial charge >= 0.3 is 11.2 Å². The molecule has 0 saturated heterocycles. The SMILES string of the molecule is Cc1c(C(O)C(O)CBr)c[nH]c(=O)c1[N+](=O)[O-]. The predicted octanol–water partition coefficient (Wildman–Crippen LogP) is 0.381. The van der Waals surface area contributed by atoms with Crippen molar-refractivity contribution in [1.82, 2.24) is 4.98 Å². The number of hydrogen-bond acceptors (Lipinski definition) is 5. The van der Waals surface area contributed by atoms with Crippen LogP contribution in [0, 0.1) is 17.0 Å². The van der Waals surface area contributed by atoms with Gasteiger partial charge in [0.15, 0.2) is 0 Å². The van der Waals surface area contributed by atoms with Gasteiger partial charge in [0.2, 0.25) is 0 Å². The first-order chi connectivity index (χ1) is 7.90. The average Bonchev–Trinajstić information content (AvgIpc) is 2.27. The Balaban J connectivity index is 3.33. The summed E-state index contributed by atoms with van der Waals surface area (Å²) < 4.78 is 0. The van der Waals surface area contributed by atoms with E-state index in [0.717, 1.165) is 0 Å². The number of nitrogens with one attached hydrogen (secondary N) is 1. The van der Waals surface area contributed by atoms with Gasteiger partial charge in [-0.05, 0) is 6.92 Å². The van der Waals surface area contributed by atoms with Crippen LogP contribution in [0.5, 0.6) is 0 Å². The Bertz CT molecular complexity index is 487. The maximum atomic E-state index is 11.2. The molecule has 0 radical (unpaired) electrons. The number of aromatic nitrogens is 1. The second kappa shape index (κ2) is 5.39. The third kappa shape index (κ3) is 2.71. The van der Waals surface area contributed by atoms with Crippen molar-refractivity contribution < 1.29 is 15.1 Å². The van der Waals surface area contributed by atoms with E-state index in [1.807, 2.05) is 0 Å². The highest BCUT2D eigenvalue weighted by Gasteiger charge is 2.26. The Hall–Kier alpha value is -1.25. The van der Waals surface area contributed by atoms with Crippen LogP contribution >= 0.6 is 15.9 Å². The molecule has 0 aliphatic rings. The zero-order valence-electron chi connectivity index (χ0n) is 8.88. The topological polar surface area (TPSA) is 116 Å². The summed E-state index contributed by atoms with van der Waals surface area (Å²) in [5.41, 5.74) is -1.28. The third-order valence-corrected chi connectivity index (χ3v) is 3.05. The minimum atomic E-state index is -1.30. The van der Waals surface area contributed by atoms with Gasteiger partial charge in [0.25, 0.3) is 0 Å². The largest absolute Gasteiger partial charge is 0.389 e. The number of nitrogens with zero attached hydrogens (tertiary/aromatic N) is 1. The van der Waals surface area contributed by atoms with E-state index in [-0.39, 0.29) is 16.5 Å². The van der Waals surface area contributed by atoms with E-state index >= 15 is 0 Å². The molecule has 1 rings (SSSR count). The number of aliphatic hydroxyl groups excluding tert-OH is 2. The Morgan fingerprint density at radius 3 is 2.65 bits per heavy atom. The number of nitro groups is 1. The van der Waals surface area contributed by atoms with Gasteiger partial charge in [-0.1, -0.05) is 15.9 Å². The molecule has 0 aliphatic carbocycles. The normalized spacial score (nSPS) is 14.4. The Morgan fingerprint density at radius 2 is 2.18 bits per heavy atom. The molecule has 2 unspecified atom stereocenters. The van der Waals surface area contributed by atoms with Crippen LogP contribution in [-0.4, -0.2) is 31.6 Å². The van der Waals surface area contributed by atoms with Gasteiger partial charge in [-0.25, -0.2) is 0 Å². The fourth-order valence-corrected chi connectivity index (χ4v) is 1.80. The van der Waals surface area contributed by atoms with Gasteiger partial charge in [0.05, 0.1) is 11.0 Å². The minimum absolute atomic E-state index is 0.0475. The first-order valence-electron chi connectivity index (χ1n) is 4.68. The molecule has 0 spiro atoms. The molecule has 8 heteroatoms. The van der Waals surface area contributed by atoms with Gasteiger partial charge in [0.1, 0.15) is 6.10 Å². The van der Waals surface area contributed by atoms with E-state index in [2.05, 4.69) is 20.9 Å². The molecule has 2 atom stereocenters. The standard InChI is InChI=1S/C9H11BrN2O5/c1-4-5(8(14)6(13)2-10)3-11-9(15)7(4)12(16)17/h3,6,8,13-14H,2H2,1H3,(H,11,15). The molecule has 0 saturated carbocycles. The molecular weight excluding hydrogens is 296 g/mol. The first kappa shape index (κ1) is 13.8. The van der Waals surface area contributed by atoms with Gasteiger partial charge in [0, 0.05) is 22.7 Å². The third-order valence-electron chi connectivity index (χ3n) is 2.39. The number of halogens is 1. The molecule has 0 fully saturated rings. The van der Waals surface area contributed by atoms with Crippen LogP contribution in [0.1, 0.15) is 17.2 Å². The van der Waals surface area contributed by atoms with E-state index in [4.69, 9.17) is 0 Å². The number of rotatable bonds is 4. The van der Waals surface area contributed by atoms with Crippen molar-refractivity contribution in [3.8, 4) is 0 Å². The lowest BCUT2D eigenvalue weighted by atomic mass is 10.0. The van der Waals surface area contributed by atoms with Crippen LogP contribution < -0.4 is 5.56 Å². The number of aliphatic hydroxyl groups is 2. The summed E-state index contributed by atoms with van der Waals surface area (Å²) in [4.78, 5) is 23.3. The van der Waals surface area contributed by atoms with Crippen LogP contribution in [0.4, 0.5) is 5.69 Å². The van der Waals surface area contributed by atoms with Crippen molar-refractivity contribution in [3.05, 3.63) is 37.8 Å². The second-order valence-corrected chi connectivity index (χ2v) is 4.12. The summed E-state index contributed by atoms with van der Waals surface area (Å²) in [6.45, 7) is 1.35. The number of alkyl halides is 1. The zero-order valence-corrected chi connectivity index (χ0v) is 10.5. The lowest BCUT2D eigenvalue weighted by molar-refractivity contribution is -0.387. The van der Waals surface area contributed by atoms with Crippen LogP contribution in [0.3, 0.4) is 0 Å². The number of H-pyrrole nitrogens is 1. The fourth-order valence-electron chi connectivity index (χ4n) is 1.45. The Labute approximate surface area is 104 Å². The first-order valence-corrected chi connectivity index (χ1v) is 5.81. The van der Waals surface area contributed by atoms with E-state index in [1.165, 1.54) is 13.1 Å². The summed E-state index contributed by atoms with van der Waals surface area (Å²) >= 11 is 2.98. The maximum Gasteiger partial charge on any atom is 0.337 e. The van der Waals surface area contributed by atoms with E-state index < -0.39 is 28.4 Å². The predicted molar refractivity (Wildman–Crippen MR) is 63.2 cm³/mol. The summed E-state index contributed by atoms with van der Waals surface area (Å²) in [6.07, 6.45) is -1.24. The van der Waals surface area contributed by atoms with E-state index in [1.54, 1.807) is 0 Å². The summed E-state index contributed by atoms with van der Waals surface area (Å²) in [5.74, 6) is 0. The molecular formula is C9H11BrN2O5. The van der Waals surface area contributed by atoms with Crippen molar-refractivity contribution in [2.75, 3.05) is 5.33 Å². The quantitative estimate of drug-likeness (QED) is 0.422. The van der Waals surface area contributed by atoms with Gasteiger partial charge in [-0.2, -0.15) is 0 Å². The maximum absolute atomic E-state index is 11.2. The van der Waals surface area contributed by atoms with E-state index in [0.29, 0.717) is 0 Å². The molecule has 7 nitrogen and oxygen atoms in total. The van der Waals surface area contributed by atoms with Gasteiger partial charge in [-0.3, -0.25) is 14.9 Å². The Kier molecular flexibility index (Phi) is 4.38. The van der Waals surface area contributed by atoms with Crippen LogP contribution in [0.25, 0.3) is 0 Å². The molecule has 1 aromatic rings. The van der Waals surface area contributed by atoms with Crippen molar-refractivity contribution in [2.45, 2.75) is 19.1 Å². The highest BCUT2D eigenvalue weighted by molar-refractivity contribution is 9.09. The molecule has 17 heavy (non-hydrogen) atoms. The highest BCUT2D eigenvalue weighted by atomic mass is 79.9. The van der Waals surface area contributed by atoms with E-state index in [9.17, 15) is 25.1 Å². The molecule has 1 aromatic heterocycles. The molecule has 0 amide bonds. The molecule has 0 aromatic carbocycles. The molecule has 3 N–H and O–H groups in total. The number of hydrogen-bond donors (Lipinski definition) is 3. The van der Waals surface area contributed by atoms with Crippen molar-refractivity contribution >= 4 is 21.6 Å². The Morgan fingerprint density at radius 1 is 1.59 bits per heavy atom. The smallest absolute Gasteiger partial charge is 0.337 e. The zero-order chi connectivity index (χ0) is 13.2. The molecule has 0 aliphatic heterocycles. The van der Waals surface area contributed by atoms with Crippen molar-refractivity contribution in [3.63, 3.8) is 0 Å². The average molecular weight is 307 g/mol. The summed E-state index contributed by atoms with van der Waals surface area (Å²) in [6, 6.07) is 0. The fraction of sp³-hybridized carbons (Fsp3) is 0.444. The highest BCUT2D eigenvalue weighted by Crippen LogP contribution is 2.24. The number of aromatic amines is 1. The van der Waals surface area contributed by atoms with Crippen molar-refractivity contribution in [2.24, 2.45) is 0 Å². The monoisotopic (exact) mass is 306 g/mol. The number of pyridine rings is 1. The molecule has 1 heterocycles. The van der Waals surface area contributed by atoms with Crippen molar-refractivity contribution in [1.29, 1.82) is 0 Å². The summed E-state index contributed by atoms with van der Waals surface area (Å²) in [5, 5.41) is 30.0. The van der Waals surface area contributed by atoms with Crippen LogP contribution in [0.15, 0.2) is 11.0 Å². The van der Waals surface area contributed by atoms with Gasteiger partial charge < -0.3 is 15.2 Å². The summed E-state index contributed by atoms with van der Waals surface area (Å²) in [7, 11) is 0. The van der Waals surface area contributed by atoms with Gasteiger partial charge in [-0.15, -0.1) is 0 Å². The van der Waals surface area contributed by atoms with Crippen LogP contribution in [0.2, 0.25) is 0 Å². The van der Waals surface area contributed by atoms with Crippen LogP contribution in [-0.2, 0) is 0 Å². The second-order valence-electron chi connectivity index (χ2n) is 3.47. The molecule has 94 valence electrons.